The fourth-order valence-electron chi connectivity index (χ4n) is 2.60. The lowest BCUT2D eigenvalue weighted by Gasteiger charge is -2.03. The number of ether oxygens (including phenoxy) is 1. The largest absolute Gasteiger partial charge is 0.465 e. The number of amides is 1. The summed E-state index contributed by atoms with van der Waals surface area (Å²) in [6, 6.07) is 10.1. The molecule has 1 amide bonds. The van der Waals surface area contributed by atoms with Gasteiger partial charge < -0.3 is 10.5 Å². The Hall–Kier alpha value is -4.39. The van der Waals surface area contributed by atoms with E-state index in [1.165, 1.54) is 29.3 Å². The molecule has 0 saturated heterocycles. The summed E-state index contributed by atoms with van der Waals surface area (Å²) in [4.78, 5) is 24.9. The highest BCUT2D eigenvalue weighted by Gasteiger charge is 2.25. The quantitative estimate of drug-likeness (QED) is 0.258. The molecule has 1 aromatic carbocycles. The van der Waals surface area contributed by atoms with E-state index in [9.17, 15) is 9.59 Å². The monoisotopic (exact) mass is 438 g/mol. The number of anilines is 1. The number of aromatic nitrogens is 5. The van der Waals surface area contributed by atoms with Crippen LogP contribution >= 0.6 is 11.3 Å². The van der Waals surface area contributed by atoms with Crippen molar-refractivity contribution in [2.45, 2.75) is 0 Å². The number of nitrogens with zero attached hydrogens (tertiary/aromatic N) is 6. The molecule has 3 aromatic heterocycles. The summed E-state index contributed by atoms with van der Waals surface area (Å²) in [6.45, 7) is 0. The summed E-state index contributed by atoms with van der Waals surface area (Å²) < 4.78 is 10.6. The average molecular weight is 438 g/mol. The van der Waals surface area contributed by atoms with E-state index < -0.39 is 11.9 Å². The Morgan fingerprint density at radius 3 is 2.71 bits per heavy atom. The number of hydrogen-bond acceptors (Lipinski definition) is 11. The van der Waals surface area contributed by atoms with E-state index in [4.69, 9.17) is 5.73 Å². The molecule has 3 heterocycles. The number of thiophene rings is 1. The number of hydrazone groups is 1. The van der Waals surface area contributed by atoms with Gasteiger partial charge in [-0.15, -0.1) is 16.4 Å². The predicted octanol–water partition coefficient (Wildman–Crippen LogP) is 1.51. The molecule has 31 heavy (non-hydrogen) atoms. The Balaban J connectivity index is 1.56. The zero-order valence-corrected chi connectivity index (χ0v) is 16.7. The first-order valence-corrected chi connectivity index (χ1v) is 9.56. The smallest absolute Gasteiger partial charge is 0.337 e. The Morgan fingerprint density at radius 1 is 1.26 bits per heavy atom. The van der Waals surface area contributed by atoms with Crippen LogP contribution in [-0.4, -0.2) is 50.5 Å². The molecule has 4 aromatic rings. The van der Waals surface area contributed by atoms with E-state index >= 15 is 0 Å². The third kappa shape index (κ3) is 4.02. The summed E-state index contributed by atoms with van der Waals surface area (Å²) in [5.41, 5.74) is 9.62. The van der Waals surface area contributed by atoms with Crippen LogP contribution in [0.2, 0.25) is 0 Å². The van der Waals surface area contributed by atoms with Crippen LogP contribution in [0.15, 0.2) is 51.5 Å². The third-order valence-corrected chi connectivity index (χ3v) is 4.92. The number of methoxy groups -OCH3 is 1. The second-order valence-corrected chi connectivity index (χ2v) is 6.91. The van der Waals surface area contributed by atoms with Crippen LogP contribution < -0.4 is 11.2 Å². The third-order valence-electron chi connectivity index (χ3n) is 4.05. The molecule has 0 aliphatic carbocycles. The van der Waals surface area contributed by atoms with Gasteiger partial charge in [0.1, 0.15) is 5.69 Å². The lowest BCUT2D eigenvalue weighted by atomic mass is 10.1. The molecule has 0 fully saturated rings. The van der Waals surface area contributed by atoms with Gasteiger partial charge in [-0.25, -0.2) is 14.8 Å². The molecule has 0 spiro atoms. The second-order valence-electron chi connectivity index (χ2n) is 5.96. The van der Waals surface area contributed by atoms with Gasteiger partial charge in [-0.3, -0.25) is 4.79 Å². The van der Waals surface area contributed by atoms with Crippen molar-refractivity contribution in [3.05, 3.63) is 58.6 Å². The normalized spacial score (nSPS) is 11.0. The molecule has 0 atom stereocenters. The van der Waals surface area contributed by atoms with Crippen molar-refractivity contribution in [3.8, 4) is 16.4 Å². The van der Waals surface area contributed by atoms with Crippen LogP contribution in [0.5, 0.6) is 0 Å². The summed E-state index contributed by atoms with van der Waals surface area (Å²) in [7, 11) is 1.31. The van der Waals surface area contributed by atoms with Crippen molar-refractivity contribution in [1.29, 1.82) is 0 Å². The maximum Gasteiger partial charge on any atom is 0.337 e. The number of nitrogens with two attached hydrogens (primary N) is 1. The standard InChI is InChI=1S/C18H14N8O4S/c1-29-18(28)11-6-4-10(5-7-11)9-20-22-17(27)13-14(12-3-2-8-31-12)26(25-21-13)16-15(19)23-30-24-16/h2-9H,1H3,(H2,19,23)(H,22,27)/b20-9-. The van der Waals surface area contributed by atoms with Gasteiger partial charge in [0.15, 0.2) is 5.69 Å². The van der Waals surface area contributed by atoms with Gasteiger partial charge in [-0.2, -0.15) is 9.78 Å². The van der Waals surface area contributed by atoms with E-state index in [0.29, 0.717) is 21.7 Å². The van der Waals surface area contributed by atoms with Crippen LogP contribution in [0, 0.1) is 0 Å². The van der Waals surface area contributed by atoms with Crippen LogP contribution in [0.25, 0.3) is 16.4 Å². The molecule has 0 bridgehead atoms. The predicted molar refractivity (Wildman–Crippen MR) is 110 cm³/mol. The van der Waals surface area contributed by atoms with E-state index in [2.05, 4.69) is 40.5 Å². The number of esters is 1. The minimum atomic E-state index is -0.591. The molecule has 3 N–H and O–H groups in total. The summed E-state index contributed by atoms with van der Waals surface area (Å²) in [6.07, 6.45) is 1.42. The van der Waals surface area contributed by atoms with Crippen LogP contribution in [-0.2, 0) is 4.74 Å². The van der Waals surface area contributed by atoms with Crippen molar-refractivity contribution >= 4 is 35.2 Å². The van der Waals surface area contributed by atoms with Gasteiger partial charge in [-0.1, -0.05) is 23.4 Å². The topological polar surface area (TPSA) is 163 Å². The molecule has 4 rings (SSSR count). The van der Waals surface area contributed by atoms with Crippen LogP contribution in [0.4, 0.5) is 5.82 Å². The molecule has 13 heteroatoms. The molecular formula is C18H14N8O4S. The lowest BCUT2D eigenvalue weighted by molar-refractivity contribution is 0.0600. The van der Waals surface area contributed by atoms with Crippen LogP contribution in [0.1, 0.15) is 26.4 Å². The molecule has 0 radical (unpaired) electrons. The SMILES string of the molecule is COC(=O)c1ccc(/C=N\NC(=O)c2nnn(-c3nonc3N)c2-c2cccs2)cc1. The number of benzene rings is 1. The molecule has 12 nitrogen and oxygen atoms in total. The maximum absolute atomic E-state index is 12.7. The number of hydrogen-bond donors (Lipinski definition) is 2. The maximum atomic E-state index is 12.7. The fourth-order valence-corrected chi connectivity index (χ4v) is 3.35. The van der Waals surface area contributed by atoms with Crippen molar-refractivity contribution in [3.63, 3.8) is 0 Å². The Morgan fingerprint density at radius 2 is 2.06 bits per heavy atom. The zero-order chi connectivity index (χ0) is 21.8. The van der Waals surface area contributed by atoms with Crippen LogP contribution in [0.3, 0.4) is 0 Å². The van der Waals surface area contributed by atoms with Crippen molar-refractivity contribution < 1.29 is 19.0 Å². The molecule has 0 unspecified atom stereocenters. The Bertz CT molecular complexity index is 1240. The second kappa shape index (κ2) is 8.54. The number of rotatable bonds is 6. The van der Waals surface area contributed by atoms with Gasteiger partial charge in [0.2, 0.25) is 11.6 Å². The first kappa shape index (κ1) is 19.9. The van der Waals surface area contributed by atoms with Gasteiger partial charge >= 0.3 is 5.97 Å². The van der Waals surface area contributed by atoms with Crippen molar-refractivity contribution in [2.24, 2.45) is 5.10 Å². The highest BCUT2D eigenvalue weighted by molar-refractivity contribution is 7.13. The van der Waals surface area contributed by atoms with Gasteiger partial charge in [0.05, 0.1) is 23.8 Å². The molecule has 0 aliphatic heterocycles. The first-order chi connectivity index (χ1) is 15.1. The minimum absolute atomic E-state index is 0.00286. The first-order valence-electron chi connectivity index (χ1n) is 8.68. The van der Waals surface area contributed by atoms with Gasteiger partial charge in [-0.05, 0) is 39.5 Å². The summed E-state index contributed by atoms with van der Waals surface area (Å²) in [5, 5.41) is 21.0. The highest BCUT2D eigenvalue weighted by atomic mass is 32.1. The summed E-state index contributed by atoms with van der Waals surface area (Å²) >= 11 is 1.38. The van der Waals surface area contributed by atoms with Crippen molar-refractivity contribution in [1.82, 2.24) is 30.7 Å². The van der Waals surface area contributed by atoms with E-state index in [1.54, 1.807) is 30.3 Å². The van der Waals surface area contributed by atoms with Gasteiger partial charge in [0, 0.05) is 0 Å². The molecular weight excluding hydrogens is 424 g/mol. The Labute approximate surface area is 178 Å². The fraction of sp³-hybridized carbons (Fsp3) is 0.0556. The number of nitrogens with one attached hydrogen (secondary N) is 1. The number of nitrogen functional groups attached to an aromatic ring is 1. The number of carbonyl (C=O) groups excluding carboxylic acids is 2. The van der Waals surface area contributed by atoms with E-state index in [-0.39, 0.29) is 17.3 Å². The van der Waals surface area contributed by atoms with Crippen molar-refractivity contribution in [2.75, 3.05) is 12.8 Å². The summed E-state index contributed by atoms with van der Waals surface area (Å²) in [5.74, 6) is -0.914. The molecule has 0 aliphatic rings. The lowest BCUT2D eigenvalue weighted by Crippen LogP contribution is -2.19. The zero-order valence-electron chi connectivity index (χ0n) is 15.9. The average Bonchev–Trinajstić information content (AvgIpc) is 3.53. The highest BCUT2D eigenvalue weighted by Crippen LogP contribution is 2.29. The number of carbonyl (C=O) groups is 2. The van der Waals surface area contributed by atoms with E-state index in [1.807, 2.05) is 11.4 Å². The molecule has 156 valence electrons. The Kier molecular flexibility index (Phi) is 5.49. The molecule has 0 saturated carbocycles. The minimum Gasteiger partial charge on any atom is -0.465 e. The van der Waals surface area contributed by atoms with Gasteiger partial charge in [0.25, 0.3) is 5.91 Å². The van der Waals surface area contributed by atoms with E-state index in [0.717, 1.165) is 0 Å².